The molecule has 7 aromatic carbocycles. The lowest BCUT2D eigenvalue weighted by Gasteiger charge is -2.09. The van der Waals surface area contributed by atoms with Crippen LogP contribution < -0.4 is 21.7 Å². The van der Waals surface area contributed by atoms with Crippen molar-refractivity contribution in [3.63, 3.8) is 0 Å². The second kappa shape index (κ2) is 103. The molecule has 0 amide bonds. The summed E-state index contributed by atoms with van der Waals surface area (Å²) in [5, 5.41) is 37.7. The Morgan fingerprint density at radius 3 is 0.867 bits per heavy atom. The first-order chi connectivity index (χ1) is 67.7. The molecule has 0 aliphatic rings. The number of carbonyl (C=O) groups is 3. The molecule has 4 aromatic heterocycles. The lowest BCUT2D eigenvalue weighted by molar-refractivity contribution is -0.496. The number of aryl methyl sites for hydroxylation is 6. The topological polar surface area (TPSA) is 391 Å². The summed E-state index contributed by atoms with van der Waals surface area (Å²) in [7, 11) is -3.44. The molecule has 0 fully saturated rings. The van der Waals surface area contributed by atoms with Crippen LogP contribution in [0.25, 0.3) is 0 Å². The third-order valence-electron chi connectivity index (χ3n) is 16.3. The van der Waals surface area contributed by atoms with Gasteiger partial charge in [-0.1, -0.05) is 374 Å². The van der Waals surface area contributed by atoms with Gasteiger partial charge in [0.05, 0.1) is 16.3 Å². The second-order valence-electron chi connectivity index (χ2n) is 30.0. The number of benzene rings is 7. The van der Waals surface area contributed by atoms with E-state index in [1.807, 2.05) is 151 Å². The summed E-state index contributed by atoms with van der Waals surface area (Å²) in [4.78, 5) is 85.3. The van der Waals surface area contributed by atoms with Gasteiger partial charge in [0, 0.05) is 148 Å². The number of aliphatic imine (C=N–C) groups is 1. The van der Waals surface area contributed by atoms with Crippen molar-refractivity contribution >= 4 is 97.6 Å². The number of isocyanates is 1. The van der Waals surface area contributed by atoms with E-state index in [0.29, 0.717) is 109 Å². The number of hydrogen-bond donors (Lipinski definition) is 5. The first-order valence-corrected chi connectivity index (χ1v) is 54.0. The van der Waals surface area contributed by atoms with Crippen molar-refractivity contribution in [2.24, 2.45) is 16.5 Å². The fourth-order valence-electron chi connectivity index (χ4n) is 10.1. The largest absolute Gasteiger partial charge is 0.488 e. The molecule has 0 saturated carbocycles. The number of nitrogens with one attached hydrogen (secondary N) is 1. The first-order valence-electron chi connectivity index (χ1n) is 48.7. The predicted octanol–water partition coefficient (Wildman–Crippen LogP) is 28.0. The molecular weight excluding hydrogens is 1990 g/mol. The summed E-state index contributed by atoms with van der Waals surface area (Å²) in [6.45, 7) is 43.0. The van der Waals surface area contributed by atoms with Gasteiger partial charge in [0.25, 0.3) is 9.05 Å². The number of nitrogens with zero attached hydrogens (tertiary/aromatic N) is 7. The zero-order valence-electron chi connectivity index (χ0n) is 87.3. The zero-order valence-corrected chi connectivity index (χ0v) is 92.8. The monoisotopic (exact) mass is 2160 g/mol. The normalized spacial score (nSPS) is 9.31. The highest BCUT2D eigenvalue weighted by atomic mass is 79.9. The Hall–Kier alpha value is -10.7. The predicted molar refractivity (Wildman–Crippen MR) is 608 cm³/mol. The molecular formula is C113H170BBr2ClN10O14S2. The third-order valence-corrected chi connectivity index (χ3v) is 21.1. The van der Waals surface area contributed by atoms with E-state index in [2.05, 4.69) is 171 Å². The quantitative estimate of drug-likeness (QED) is 0.00653. The molecule has 11 aromatic rings. The van der Waals surface area contributed by atoms with E-state index in [9.17, 15) is 56.2 Å². The minimum absolute atomic E-state index is 0. The van der Waals surface area contributed by atoms with Crippen LogP contribution in [-0.2, 0) is 116 Å². The Bertz CT molecular complexity index is 5080. The fourth-order valence-corrected chi connectivity index (χ4v) is 14.2. The molecule has 0 spiro atoms. The van der Waals surface area contributed by atoms with Crippen LogP contribution in [0.5, 0.6) is 0 Å². The van der Waals surface area contributed by atoms with Crippen LogP contribution >= 0.6 is 42.5 Å². The number of aromatic nitrogens is 4. The Labute approximate surface area is 882 Å². The molecule has 0 saturated heterocycles. The van der Waals surface area contributed by atoms with Crippen LogP contribution in [0.3, 0.4) is 0 Å². The lowest BCUT2D eigenvalue weighted by atomic mass is 9.81. The number of nitrogens with two attached hydrogens (primary N) is 2. The number of Topliss-reactive ketones (excluding diaryl/α,β-unsaturated/α-hetero) is 3. The molecule has 0 bridgehead atoms. The van der Waals surface area contributed by atoms with Gasteiger partial charge >= 0.3 is 7.12 Å². The van der Waals surface area contributed by atoms with Crippen molar-refractivity contribution in [3.8, 4) is 0 Å². The Balaban J connectivity index is -0.000000244. The van der Waals surface area contributed by atoms with Crippen LogP contribution in [0, 0.1) is 20.2 Å². The highest BCUT2D eigenvalue weighted by Gasteiger charge is 2.18. The smallest absolute Gasteiger partial charge is 0.423 e. The number of halogens is 3. The van der Waals surface area contributed by atoms with Gasteiger partial charge in [0.15, 0.2) is 0 Å². The number of carbonyl (C=O) groups excluding carboxylic acids is 4. The number of ketones is 3. The molecule has 0 atom stereocenters. The lowest BCUT2D eigenvalue weighted by Crippen LogP contribution is -2.29. The van der Waals surface area contributed by atoms with E-state index in [1.54, 1.807) is 147 Å². The number of pyridine rings is 4. The van der Waals surface area contributed by atoms with Gasteiger partial charge in [-0.2, -0.15) is 0 Å². The van der Waals surface area contributed by atoms with Gasteiger partial charge in [-0.25, -0.2) is 31.3 Å². The molecule has 24 nitrogen and oxygen atoms in total. The fraction of sp³-hybridized carbons (Fsp3) is 0.416. The SMILES string of the molecule is C.C.CC.CC.CC.CCC.CCC.CCC.CCC.CCC.CCC.CCC.NCc1ccc(CCC(=O)CCc2cccnc2)cc1.NCc1cccnc1.O=C(CCc1ccc(CNS(=O)(=O)c2ccccc2Br)cc1)CCc1cccnc1.O=C(CCc1ccc(C[N+](=O)[O-])cc1)CCc1cccnc1.O=C=NCc1ccc(C[N+](=O)[O-])cc1.O=S(=O)(Cl)c1ccccc1Br.OB(O)c1ccccc1. The average molecular weight is 2160 g/mol. The molecule has 11 rings (SSSR count). The van der Waals surface area contributed by atoms with E-state index in [1.165, 1.54) is 62.7 Å². The van der Waals surface area contributed by atoms with E-state index in [4.69, 9.17) is 32.2 Å². The molecule has 143 heavy (non-hydrogen) atoms. The standard InChI is InChI=1S/C23H23BrN2O3S.C17H18N2O3.C17H20N2O.C9H8N2O3.C6H7BO2.C6H4BrClO2S.C6H8N2.7C3H8.3C2H6.2CH4/c24-22-5-1-2-6-23(22)30(28,29)26-17-20-9-7-18(8-10-20)11-13-21(27)14-12-19-4-3-15-25-16-19;20-17(10-8-15-2-1-11-18-12-15)9-7-14-3-5-16(6-4-14)13-19(21)22;18-12-15-5-3-14(4-6-15)7-9-17(20)10-8-16-2-1-11-19-13-16;12-7-10-5-8-1-3-9(4-2-8)6-11(13)14;8-7(9)6-4-2-1-3-5-6;7-5-3-1-2-4-6(5)11(8,9)10;7-4-6-2-1-3-8-5-6;7*1-3-2;3*1-2;;/h1-10,15-16,26H,11-14,17H2;1-6,11-12H,7-10,13H2;1-6,11,13H,7-10,12,18H2;1-4H,5-6H2;1-5,8-9H;1-4H;1-3,5H,4,7H2;7*3H2,1-2H3;3*1-2H3;2*1H4. The first kappa shape index (κ1) is 148. The van der Waals surface area contributed by atoms with Crippen LogP contribution in [0.15, 0.2) is 298 Å². The summed E-state index contributed by atoms with van der Waals surface area (Å²) in [6, 6.07) is 66.9. The van der Waals surface area contributed by atoms with Crippen molar-refractivity contribution in [3.05, 3.63) is 370 Å². The highest BCUT2D eigenvalue weighted by molar-refractivity contribution is 9.10. The maximum absolute atomic E-state index is 12.5. The Kier molecular flexibility index (Phi) is 106. The van der Waals surface area contributed by atoms with Crippen molar-refractivity contribution in [2.75, 3.05) is 0 Å². The van der Waals surface area contributed by atoms with Gasteiger partial charge in [-0.3, -0.25) is 54.5 Å². The summed E-state index contributed by atoms with van der Waals surface area (Å²) in [6.07, 6.45) is 31.8. The van der Waals surface area contributed by atoms with Gasteiger partial charge in [-0.05, 0) is 180 Å². The van der Waals surface area contributed by atoms with Crippen molar-refractivity contribution in [1.29, 1.82) is 0 Å². The van der Waals surface area contributed by atoms with Crippen LogP contribution in [-0.4, -0.2) is 87.2 Å². The molecule has 7 N–H and O–H groups in total. The summed E-state index contributed by atoms with van der Waals surface area (Å²) in [5.74, 6) is 0.749. The van der Waals surface area contributed by atoms with Gasteiger partial charge in [-0.15, -0.1) is 0 Å². The molecule has 30 heteroatoms. The second-order valence-corrected chi connectivity index (χ2v) is 36.0. The molecule has 0 radical (unpaired) electrons. The van der Waals surface area contributed by atoms with Gasteiger partial charge in [0.1, 0.15) is 17.3 Å². The van der Waals surface area contributed by atoms with Crippen molar-refractivity contribution < 1.29 is 55.9 Å². The average Bonchev–Trinajstić information content (AvgIpc) is 0.824. The minimum Gasteiger partial charge on any atom is -0.423 e. The number of hydrogen-bond acceptors (Lipinski definition) is 21. The Morgan fingerprint density at radius 2 is 0.629 bits per heavy atom. The van der Waals surface area contributed by atoms with E-state index < -0.39 is 31.1 Å². The highest BCUT2D eigenvalue weighted by Crippen LogP contribution is 2.25. The van der Waals surface area contributed by atoms with E-state index in [0.717, 1.165) is 62.9 Å². The number of nitro groups is 2. The molecule has 792 valence electrons. The van der Waals surface area contributed by atoms with Crippen LogP contribution in [0.4, 0.5) is 0 Å². The maximum Gasteiger partial charge on any atom is 0.488 e. The molecule has 0 aliphatic carbocycles. The van der Waals surface area contributed by atoms with Crippen molar-refractivity contribution in [2.45, 2.75) is 324 Å². The Morgan fingerprint density at radius 1 is 0.378 bits per heavy atom. The summed E-state index contributed by atoms with van der Waals surface area (Å²) >= 11 is 6.34. The summed E-state index contributed by atoms with van der Waals surface area (Å²) < 4.78 is 50.1. The number of rotatable bonds is 32. The summed E-state index contributed by atoms with van der Waals surface area (Å²) in [5.41, 5.74) is 23.1. The molecule has 4 heterocycles. The molecule has 0 aliphatic heterocycles. The minimum atomic E-state index is -3.61. The van der Waals surface area contributed by atoms with E-state index in [-0.39, 0.29) is 67.3 Å². The van der Waals surface area contributed by atoms with Gasteiger partial charge < -0.3 is 21.5 Å². The third kappa shape index (κ3) is 86.5. The van der Waals surface area contributed by atoms with Crippen LogP contribution in [0.2, 0.25) is 0 Å². The van der Waals surface area contributed by atoms with Crippen LogP contribution in [0.1, 0.15) is 304 Å². The van der Waals surface area contributed by atoms with E-state index >= 15 is 0 Å². The van der Waals surface area contributed by atoms with Crippen molar-refractivity contribution in [1.82, 2.24) is 24.7 Å². The maximum atomic E-state index is 12.5. The molecule has 0 unspecified atom stereocenters. The van der Waals surface area contributed by atoms with Gasteiger partial charge in [0.2, 0.25) is 29.2 Å². The zero-order chi connectivity index (χ0) is 108. The number of sulfonamides is 1.